The number of aliphatic imine (C=N–C) groups is 1. The van der Waals surface area contributed by atoms with E-state index in [2.05, 4.69) is 60.7 Å². The molecule has 5 heteroatoms. The summed E-state index contributed by atoms with van der Waals surface area (Å²) in [7, 11) is 1.80. The second-order valence-electron chi connectivity index (χ2n) is 6.01. The van der Waals surface area contributed by atoms with Gasteiger partial charge < -0.3 is 15.4 Å². The average Bonchev–Trinajstić information content (AvgIpc) is 2.53. The molecular weight excluding hydrogens is 401 g/mol. The van der Waals surface area contributed by atoms with E-state index in [0.29, 0.717) is 11.8 Å². The molecule has 0 saturated carbocycles. The van der Waals surface area contributed by atoms with Gasteiger partial charge in [0.2, 0.25) is 0 Å². The molecule has 1 aromatic rings. The maximum absolute atomic E-state index is 5.57. The molecule has 0 heterocycles. The Hall–Kier alpha value is -0.820. The first-order valence-electron chi connectivity index (χ1n) is 8.20. The fourth-order valence-corrected chi connectivity index (χ4v) is 2.07. The van der Waals surface area contributed by atoms with Crippen LogP contribution in [0.25, 0.3) is 0 Å². The number of nitrogens with one attached hydrogen (secondary N) is 2. The number of benzene rings is 1. The summed E-state index contributed by atoms with van der Waals surface area (Å²) in [4.78, 5) is 4.25. The van der Waals surface area contributed by atoms with Gasteiger partial charge in [0.15, 0.2) is 5.96 Å². The van der Waals surface area contributed by atoms with Crippen molar-refractivity contribution >= 4 is 29.9 Å². The van der Waals surface area contributed by atoms with E-state index in [1.54, 1.807) is 7.05 Å². The molecular formula is C18H32IN3O. The zero-order valence-corrected chi connectivity index (χ0v) is 17.2. The summed E-state index contributed by atoms with van der Waals surface area (Å²) in [5.74, 6) is 1.91. The molecule has 0 bridgehead atoms. The normalized spacial score (nSPS) is 12.7. The minimum absolute atomic E-state index is 0. The van der Waals surface area contributed by atoms with E-state index in [9.17, 15) is 0 Å². The number of halogens is 1. The number of hydrogen-bond donors (Lipinski definition) is 2. The smallest absolute Gasteiger partial charge is 0.190 e. The Morgan fingerprint density at radius 1 is 1.13 bits per heavy atom. The third-order valence-corrected chi connectivity index (χ3v) is 3.38. The number of guanidine groups is 1. The molecule has 0 aromatic heterocycles. The average molecular weight is 433 g/mol. The fraction of sp³-hybridized carbons (Fsp3) is 0.611. The van der Waals surface area contributed by atoms with Gasteiger partial charge >= 0.3 is 0 Å². The number of ether oxygens (including phenoxy) is 1. The molecule has 0 aliphatic heterocycles. The van der Waals surface area contributed by atoms with Crippen LogP contribution < -0.4 is 10.6 Å². The zero-order valence-electron chi connectivity index (χ0n) is 14.8. The molecule has 0 aliphatic rings. The lowest BCUT2D eigenvalue weighted by atomic mass is 10.0. The molecule has 0 saturated heterocycles. The summed E-state index contributed by atoms with van der Waals surface area (Å²) in [6.07, 6.45) is 0.988. The molecule has 1 aromatic carbocycles. The Morgan fingerprint density at radius 2 is 1.83 bits per heavy atom. The van der Waals surface area contributed by atoms with Crippen LogP contribution in [0.2, 0.25) is 0 Å². The van der Waals surface area contributed by atoms with Gasteiger partial charge in [-0.3, -0.25) is 4.99 Å². The maximum atomic E-state index is 5.57. The van der Waals surface area contributed by atoms with Gasteiger partial charge in [-0.25, -0.2) is 0 Å². The van der Waals surface area contributed by atoms with E-state index in [1.807, 2.05) is 6.07 Å². The van der Waals surface area contributed by atoms with Crippen molar-refractivity contribution in [2.24, 2.45) is 10.9 Å². The summed E-state index contributed by atoms with van der Waals surface area (Å²) < 4.78 is 5.57. The molecule has 4 nitrogen and oxygen atoms in total. The monoisotopic (exact) mass is 433 g/mol. The summed E-state index contributed by atoms with van der Waals surface area (Å²) in [5.41, 5.74) is 1.34. The summed E-state index contributed by atoms with van der Waals surface area (Å²) in [6, 6.07) is 10.5. The molecule has 23 heavy (non-hydrogen) atoms. The minimum Gasteiger partial charge on any atom is -0.381 e. The predicted molar refractivity (Wildman–Crippen MR) is 110 cm³/mol. The van der Waals surface area contributed by atoms with Crippen LogP contribution in [0.15, 0.2) is 35.3 Å². The topological polar surface area (TPSA) is 45.7 Å². The summed E-state index contributed by atoms with van der Waals surface area (Å²) in [5, 5.41) is 6.70. The lowest BCUT2D eigenvalue weighted by Crippen LogP contribution is -2.39. The molecule has 0 amide bonds. The second kappa shape index (κ2) is 13.6. The van der Waals surface area contributed by atoms with Crippen LogP contribution in [0.3, 0.4) is 0 Å². The Kier molecular flexibility index (Phi) is 13.1. The number of nitrogens with zero attached hydrogens (tertiary/aromatic N) is 1. The van der Waals surface area contributed by atoms with Crippen LogP contribution in [-0.4, -0.2) is 39.3 Å². The van der Waals surface area contributed by atoms with Gasteiger partial charge in [0.1, 0.15) is 0 Å². The van der Waals surface area contributed by atoms with Gasteiger partial charge in [-0.1, -0.05) is 51.1 Å². The van der Waals surface area contributed by atoms with Gasteiger partial charge in [0.25, 0.3) is 0 Å². The molecule has 1 atom stereocenters. The van der Waals surface area contributed by atoms with Gasteiger partial charge in [0.05, 0.1) is 0 Å². The molecule has 0 fully saturated rings. The van der Waals surface area contributed by atoms with E-state index in [-0.39, 0.29) is 24.0 Å². The largest absolute Gasteiger partial charge is 0.381 e. The maximum Gasteiger partial charge on any atom is 0.190 e. The van der Waals surface area contributed by atoms with Crippen LogP contribution in [0, 0.1) is 5.92 Å². The summed E-state index contributed by atoms with van der Waals surface area (Å²) in [6.45, 7) is 9.92. The van der Waals surface area contributed by atoms with Crippen LogP contribution >= 0.6 is 24.0 Å². The van der Waals surface area contributed by atoms with Crippen molar-refractivity contribution in [1.82, 2.24) is 10.6 Å². The quantitative estimate of drug-likeness (QED) is 0.271. The van der Waals surface area contributed by atoms with Crippen molar-refractivity contribution in [3.8, 4) is 0 Å². The lowest BCUT2D eigenvalue weighted by Gasteiger charge is -2.16. The Labute approximate surface area is 158 Å². The highest BCUT2D eigenvalue weighted by Crippen LogP contribution is 2.12. The number of rotatable bonds is 9. The first kappa shape index (κ1) is 22.2. The Morgan fingerprint density at radius 3 is 2.43 bits per heavy atom. The van der Waals surface area contributed by atoms with Crippen molar-refractivity contribution in [2.75, 3.05) is 33.4 Å². The van der Waals surface area contributed by atoms with Crippen molar-refractivity contribution in [3.05, 3.63) is 35.9 Å². The molecule has 0 spiro atoms. The first-order chi connectivity index (χ1) is 10.6. The fourth-order valence-electron chi connectivity index (χ4n) is 2.07. The lowest BCUT2D eigenvalue weighted by molar-refractivity contribution is 0.108. The van der Waals surface area contributed by atoms with Crippen LogP contribution in [-0.2, 0) is 4.74 Å². The molecule has 1 unspecified atom stereocenters. The van der Waals surface area contributed by atoms with Crippen LogP contribution in [0.1, 0.15) is 38.7 Å². The molecule has 132 valence electrons. The summed E-state index contributed by atoms with van der Waals surface area (Å²) >= 11 is 0. The first-order valence-corrected chi connectivity index (χ1v) is 8.20. The van der Waals surface area contributed by atoms with E-state index in [0.717, 1.165) is 38.7 Å². The van der Waals surface area contributed by atoms with Gasteiger partial charge in [-0.15, -0.1) is 24.0 Å². The van der Waals surface area contributed by atoms with E-state index < -0.39 is 0 Å². The SMILES string of the molecule is CN=C(NCCCOCC(C)C)NCC(C)c1ccccc1.I. The van der Waals surface area contributed by atoms with E-state index in [1.165, 1.54) is 5.56 Å². The molecule has 0 radical (unpaired) electrons. The highest BCUT2D eigenvalue weighted by Gasteiger charge is 2.05. The van der Waals surface area contributed by atoms with Crippen molar-refractivity contribution in [3.63, 3.8) is 0 Å². The zero-order chi connectivity index (χ0) is 16.2. The van der Waals surface area contributed by atoms with Crippen LogP contribution in [0.5, 0.6) is 0 Å². The predicted octanol–water partition coefficient (Wildman–Crippen LogP) is 3.64. The van der Waals surface area contributed by atoms with E-state index >= 15 is 0 Å². The van der Waals surface area contributed by atoms with Crippen LogP contribution in [0.4, 0.5) is 0 Å². The van der Waals surface area contributed by atoms with E-state index in [4.69, 9.17) is 4.74 Å². The number of hydrogen-bond acceptors (Lipinski definition) is 2. The second-order valence-corrected chi connectivity index (χ2v) is 6.01. The standard InChI is InChI=1S/C18H31N3O.HI/c1-15(2)14-22-12-8-11-20-18(19-4)21-13-16(3)17-9-6-5-7-10-17;/h5-7,9-10,15-16H,8,11-14H2,1-4H3,(H2,19,20,21);1H. The molecule has 2 N–H and O–H groups in total. The highest BCUT2D eigenvalue weighted by atomic mass is 127. The third kappa shape index (κ3) is 10.5. The third-order valence-electron chi connectivity index (χ3n) is 3.38. The molecule has 1 rings (SSSR count). The van der Waals surface area contributed by atoms with Crippen molar-refractivity contribution < 1.29 is 4.74 Å². The highest BCUT2D eigenvalue weighted by molar-refractivity contribution is 14.0. The molecule has 0 aliphatic carbocycles. The van der Waals surface area contributed by atoms with Crippen molar-refractivity contribution in [2.45, 2.75) is 33.1 Å². The van der Waals surface area contributed by atoms with Gasteiger partial charge in [0, 0.05) is 33.4 Å². The Balaban J connectivity index is 0.00000484. The van der Waals surface area contributed by atoms with Crippen molar-refractivity contribution in [1.29, 1.82) is 0 Å². The van der Waals surface area contributed by atoms with Gasteiger partial charge in [-0.05, 0) is 23.8 Å². The minimum atomic E-state index is 0. The van der Waals surface area contributed by atoms with Gasteiger partial charge in [-0.2, -0.15) is 0 Å². The Bertz CT molecular complexity index is 424.